The summed E-state index contributed by atoms with van der Waals surface area (Å²) < 4.78 is 0. The molecule has 0 spiro atoms. The summed E-state index contributed by atoms with van der Waals surface area (Å²) >= 11 is 0. The molecule has 0 radical (unpaired) electrons. The number of carbonyl (C=O) groups excluding carboxylic acids is 3. The molecular weight excluding hydrogens is 566 g/mol. The number of hydrogen-bond donors (Lipinski definition) is 6. The number of ketones is 3. The fourth-order valence-electron chi connectivity index (χ4n) is 5.87. The van der Waals surface area contributed by atoms with E-state index in [1.165, 1.54) is 14.0 Å². The van der Waals surface area contributed by atoms with Gasteiger partial charge in [-0.2, -0.15) is 0 Å². The third-order valence-corrected chi connectivity index (χ3v) is 8.99. The Labute approximate surface area is 262 Å². The van der Waals surface area contributed by atoms with Crippen LogP contribution in [0.2, 0.25) is 0 Å². The molecule has 0 fully saturated rings. The van der Waals surface area contributed by atoms with E-state index < -0.39 is 83.4 Å². The van der Waals surface area contributed by atoms with Crippen molar-refractivity contribution in [1.82, 2.24) is 10.2 Å². The van der Waals surface area contributed by atoms with Crippen LogP contribution < -0.4 is 11.1 Å². The monoisotopic (exact) mass is 621 g/mol. The Morgan fingerprint density at radius 1 is 0.955 bits per heavy atom. The van der Waals surface area contributed by atoms with Gasteiger partial charge in [0.25, 0.3) is 0 Å². The maximum absolute atomic E-state index is 14.1. The lowest BCUT2D eigenvalue weighted by atomic mass is 9.68. The number of aliphatic hydroxyl groups excluding tert-OH is 2. The molecule has 0 aliphatic carbocycles. The van der Waals surface area contributed by atoms with Crippen LogP contribution in [0.1, 0.15) is 65.9 Å². The lowest BCUT2D eigenvalue weighted by molar-refractivity contribution is -0.181. The maximum Gasteiger partial charge on any atom is 0.337 e. The fourth-order valence-corrected chi connectivity index (χ4v) is 5.87. The average Bonchev–Trinajstić information content (AvgIpc) is 2.97. The van der Waals surface area contributed by atoms with Crippen molar-refractivity contribution in [2.24, 2.45) is 29.4 Å². The number of nitrogens with zero attached hydrogens (tertiary/aromatic N) is 1. The first kappa shape index (κ1) is 39.5. The molecule has 250 valence electrons. The summed E-state index contributed by atoms with van der Waals surface area (Å²) in [5, 5.41) is 47.4. The minimum atomic E-state index is -3.11. The van der Waals surface area contributed by atoms with Crippen molar-refractivity contribution in [2.45, 2.75) is 103 Å². The Balaban J connectivity index is 3.79. The van der Waals surface area contributed by atoms with Crippen LogP contribution in [0.3, 0.4) is 0 Å². The number of carboxylic acids is 1. The number of carbonyl (C=O) groups is 4. The predicted octanol–water partition coefficient (Wildman–Crippen LogP) is 1.44. The highest BCUT2D eigenvalue weighted by Crippen LogP contribution is 2.36. The predicted molar refractivity (Wildman–Crippen MR) is 169 cm³/mol. The molecular formula is C33H55N3O8. The molecule has 1 aromatic carbocycles. The van der Waals surface area contributed by atoms with Crippen LogP contribution in [0.15, 0.2) is 30.3 Å². The first-order valence-electron chi connectivity index (χ1n) is 15.5. The summed E-state index contributed by atoms with van der Waals surface area (Å²) in [6.45, 7) is 8.62. The molecule has 0 bridgehead atoms. The van der Waals surface area contributed by atoms with Crippen LogP contribution in [0.25, 0.3) is 0 Å². The molecule has 1 aromatic rings. The molecule has 44 heavy (non-hydrogen) atoms. The third-order valence-electron chi connectivity index (χ3n) is 8.99. The normalized spacial score (nSPS) is 19.5. The number of Topliss-reactive ketones (excluding diaryl/α,β-unsaturated/α-hetero) is 3. The fraction of sp³-hybridized carbons (Fsp3) is 0.697. The Kier molecular flexibility index (Phi) is 16.0. The van der Waals surface area contributed by atoms with E-state index in [2.05, 4.69) is 5.32 Å². The second-order valence-electron chi connectivity index (χ2n) is 12.6. The van der Waals surface area contributed by atoms with E-state index in [9.17, 15) is 39.6 Å². The molecule has 0 aliphatic heterocycles. The van der Waals surface area contributed by atoms with Gasteiger partial charge >= 0.3 is 5.97 Å². The van der Waals surface area contributed by atoms with Crippen molar-refractivity contribution in [3.63, 3.8) is 0 Å². The van der Waals surface area contributed by atoms with Gasteiger partial charge in [0.1, 0.15) is 0 Å². The highest BCUT2D eigenvalue weighted by Gasteiger charge is 2.57. The average molecular weight is 622 g/mol. The van der Waals surface area contributed by atoms with Gasteiger partial charge < -0.3 is 31.5 Å². The number of aliphatic carboxylic acids is 1. The van der Waals surface area contributed by atoms with E-state index >= 15 is 0 Å². The smallest absolute Gasteiger partial charge is 0.337 e. The van der Waals surface area contributed by atoms with Crippen LogP contribution in [-0.4, -0.2) is 106 Å². The Morgan fingerprint density at radius 2 is 1.50 bits per heavy atom. The number of benzene rings is 1. The first-order chi connectivity index (χ1) is 20.5. The number of carboxylic acid groups (broad SMARTS) is 1. The maximum atomic E-state index is 14.1. The summed E-state index contributed by atoms with van der Waals surface area (Å²) in [4.78, 5) is 56.2. The van der Waals surface area contributed by atoms with Gasteiger partial charge in [-0.05, 0) is 58.3 Å². The third kappa shape index (κ3) is 9.98. The Bertz CT molecular complexity index is 1080. The van der Waals surface area contributed by atoms with Crippen molar-refractivity contribution >= 4 is 23.3 Å². The number of aliphatic hydroxyl groups is 3. The molecule has 0 saturated carbocycles. The zero-order valence-corrected chi connectivity index (χ0v) is 27.6. The summed E-state index contributed by atoms with van der Waals surface area (Å²) in [7, 11) is 4.91. The first-order valence-corrected chi connectivity index (χ1v) is 15.5. The summed E-state index contributed by atoms with van der Waals surface area (Å²) in [6, 6.07) is 6.04. The zero-order valence-electron chi connectivity index (χ0n) is 27.6. The van der Waals surface area contributed by atoms with E-state index in [1.54, 1.807) is 57.1 Å². The van der Waals surface area contributed by atoms with Gasteiger partial charge in [-0.1, -0.05) is 70.9 Å². The highest BCUT2D eigenvalue weighted by atomic mass is 16.4. The van der Waals surface area contributed by atoms with Crippen molar-refractivity contribution in [2.75, 3.05) is 21.1 Å². The highest BCUT2D eigenvalue weighted by molar-refractivity contribution is 5.98. The van der Waals surface area contributed by atoms with Crippen molar-refractivity contribution in [1.29, 1.82) is 0 Å². The van der Waals surface area contributed by atoms with Gasteiger partial charge in [-0.25, -0.2) is 4.79 Å². The molecule has 10 atom stereocenters. The lowest BCUT2D eigenvalue weighted by Crippen LogP contribution is -2.62. The van der Waals surface area contributed by atoms with Crippen molar-refractivity contribution in [3.05, 3.63) is 35.9 Å². The number of nitrogens with one attached hydrogen (secondary N) is 1. The van der Waals surface area contributed by atoms with Gasteiger partial charge in [-0.3, -0.25) is 19.3 Å². The van der Waals surface area contributed by atoms with E-state index in [1.807, 2.05) is 19.9 Å². The van der Waals surface area contributed by atoms with Crippen LogP contribution in [0, 0.1) is 23.7 Å². The van der Waals surface area contributed by atoms with Gasteiger partial charge in [-0.15, -0.1) is 0 Å². The minimum Gasteiger partial charge on any atom is -0.479 e. The number of rotatable bonds is 21. The van der Waals surface area contributed by atoms with Crippen LogP contribution in [0.4, 0.5) is 0 Å². The zero-order chi connectivity index (χ0) is 33.9. The lowest BCUT2D eigenvalue weighted by Gasteiger charge is -2.41. The molecule has 0 aromatic heterocycles. The van der Waals surface area contributed by atoms with Crippen molar-refractivity contribution in [3.8, 4) is 0 Å². The topological polar surface area (TPSA) is 190 Å². The number of hydrogen-bond acceptors (Lipinski definition) is 10. The molecule has 1 rings (SSSR count). The molecule has 11 heteroatoms. The van der Waals surface area contributed by atoms with Crippen LogP contribution in [0.5, 0.6) is 0 Å². The van der Waals surface area contributed by atoms with E-state index in [4.69, 9.17) is 5.73 Å². The molecule has 0 unspecified atom stereocenters. The molecule has 7 N–H and O–H groups in total. The van der Waals surface area contributed by atoms with Crippen molar-refractivity contribution < 1.29 is 39.6 Å². The largest absolute Gasteiger partial charge is 0.479 e. The standard InChI is InChI=1S/C33H55N3O8/c1-9-19(3)27(34)31(41)26(29(39)23(16-21(5)37)30(40)28(36(7)8)20(4)10-2)33(44,32(42)43)18-25(38)24(35-6)17-22-14-12-11-13-15-22/h11-15,19-21,23-24,26-29,35,37,39,44H,9-10,16-18,34H2,1-8H3,(H,42,43)/t19-,20-,21-,23+,24+,26-,27-,28-,29-,33-/m0/s1. The van der Waals surface area contributed by atoms with Gasteiger partial charge in [0, 0.05) is 12.3 Å². The SMILES string of the molecule is CC[C@H](C)[C@H](N)C(=O)[C@H]([C@@H](O)[C@@H](C[C@H](C)O)C(=O)[C@H]([C@@H](C)CC)N(C)C)[C@@](O)(CC(=O)[C@@H](Cc1ccccc1)NC)C(=O)O. The molecule has 0 saturated heterocycles. The molecule has 0 aliphatic rings. The molecule has 11 nitrogen and oxygen atoms in total. The minimum absolute atomic E-state index is 0.183. The molecule has 0 amide bonds. The van der Waals surface area contributed by atoms with Gasteiger partial charge in [0.15, 0.2) is 23.0 Å². The molecule has 0 heterocycles. The second kappa shape index (κ2) is 17.8. The summed E-state index contributed by atoms with van der Waals surface area (Å²) in [5.74, 6) is -8.32. The van der Waals surface area contributed by atoms with E-state index in [-0.39, 0.29) is 18.8 Å². The summed E-state index contributed by atoms with van der Waals surface area (Å²) in [5.41, 5.74) is 3.96. The van der Waals surface area contributed by atoms with Crippen LogP contribution in [-0.2, 0) is 25.6 Å². The number of nitrogens with two attached hydrogens (primary N) is 1. The Morgan fingerprint density at radius 3 is 1.93 bits per heavy atom. The number of likely N-dealkylation sites (N-methyl/N-ethyl adjacent to an activating group) is 2. The van der Waals surface area contributed by atoms with Gasteiger partial charge in [0.05, 0.1) is 36.3 Å². The quantitative estimate of drug-likeness (QED) is 0.116. The van der Waals surface area contributed by atoms with E-state index in [0.717, 1.165) is 5.56 Å². The second-order valence-corrected chi connectivity index (χ2v) is 12.6. The van der Waals surface area contributed by atoms with Crippen LogP contribution >= 0.6 is 0 Å². The van der Waals surface area contributed by atoms with Gasteiger partial charge in [0.2, 0.25) is 0 Å². The van der Waals surface area contributed by atoms with E-state index in [0.29, 0.717) is 12.8 Å². The summed E-state index contributed by atoms with van der Waals surface area (Å²) in [6.07, 6.45) is -3.29. The Hall–Kier alpha value is -2.54.